The van der Waals surface area contributed by atoms with Crippen LogP contribution in [0.5, 0.6) is 5.19 Å². The average molecular weight is 288 g/mol. The number of ether oxygens (including phenoxy) is 1. The van der Waals surface area contributed by atoms with Gasteiger partial charge in [-0.2, -0.15) is 4.98 Å². The second-order valence-electron chi connectivity index (χ2n) is 3.93. The van der Waals surface area contributed by atoms with E-state index in [4.69, 9.17) is 4.74 Å². The fraction of sp³-hybridized carbons (Fsp3) is 0.545. The van der Waals surface area contributed by atoms with E-state index < -0.39 is 0 Å². The molecule has 0 spiro atoms. The van der Waals surface area contributed by atoms with Crippen LogP contribution in [-0.4, -0.2) is 11.6 Å². The molecule has 0 bridgehead atoms. The Balaban J connectivity index is 1.85. The normalized spacial score (nSPS) is 25.5. The quantitative estimate of drug-likeness (QED) is 0.787. The predicted octanol–water partition coefficient (Wildman–Crippen LogP) is 3.89. The highest BCUT2D eigenvalue weighted by Gasteiger charge is 2.19. The zero-order valence-electron chi connectivity index (χ0n) is 8.65. The third kappa shape index (κ3) is 3.05. The summed E-state index contributed by atoms with van der Waals surface area (Å²) >= 11 is 4.86. The number of rotatable bonds is 3. The molecule has 0 radical (unpaired) electrons. The first-order valence-corrected chi connectivity index (χ1v) is 6.82. The Morgan fingerprint density at radius 2 is 2.33 bits per heavy atom. The van der Waals surface area contributed by atoms with Gasteiger partial charge < -0.3 is 4.74 Å². The fourth-order valence-corrected chi connectivity index (χ4v) is 2.82. The number of allylic oxidation sites excluding steroid dienone is 2. The second-order valence-corrected chi connectivity index (χ2v) is 5.56. The number of hydrogen-bond acceptors (Lipinski definition) is 3. The van der Waals surface area contributed by atoms with Gasteiger partial charge in [0.15, 0.2) is 0 Å². The first-order chi connectivity index (χ1) is 7.25. The minimum absolute atomic E-state index is 0.637. The molecule has 2 nitrogen and oxygen atoms in total. The highest BCUT2D eigenvalue weighted by atomic mass is 79.9. The summed E-state index contributed by atoms with van der Waals surface area (Å²) < 4.78 is 6.54. The zero-order valence-corrected chi connectivity index (χ0v) is 11.1. The van der Waals surface area contributed by atoms with Crippen molar-refractivity contribution in [2.45, 2.75) is 19.8 Å². The molecule has 2 unspecified atom stereocenters. The zero-order chi connectivity index (χ0) is 10.7. The van der Waals surface area contributed by atoms with Gasteiger partial charge in [-0.3, -0.25) is 0 Å². The van der Waals surface area contributed by atoms with Crippen LogP contribution >= 0.6 is 27.3 Å². The first kappa shape index (κ1) is 11.1. The summed E-state index contributed by atoms with van der Waals surface area (Å²) in [6.07, 6.45) is 6.83. The molecule has 0 N–H and O–H groups in total. The molecule has 1 aliphatic rings. The predicted molar refractivity (Wildman–Crippen MR) is 66.3 cm³/mol. The lowest BCUT2D eigenvalue weighted by Crippen LogP contribution is -2.21. The molecular weight excluding hydrogens is 274 g/mol. The Bertz CT molecular complexity index is 350. The van der Waals surface area contributed by atoms with Crippen molar-refractivity contribution in [1.29, 1.82) is 0 Å². The van der Waals surface area contributed by atoms with Crippen LogP contribution in [0.4, 0.5) is 0 Å². The highest BCUT2D eigenvalue weighted by Crippen LogP contribution is 2.27. The van der Waals surface area contributed by atoms with Crippen LogP contribution in [0.25, 0.3) is 0 Å². The number of thiazole rings is 1. The first-order valence-electron chi connectivity index (χ1n) is 5.14. The van der Waals surface area contributed by atoms with Crippen LogP contribution in [0.2, 0.25) is 0 Å². The molecule has 0 aromatic carbocycles. The van der Waals surface area contributed by atoms with Crippen molar-refractivity contribution in [2.24, 2.45) is 11.8 Å². The maximum atomic E-state index is 5.68. The Labute approximate surface area is 102 Å². The van der Waals surface area contributed by atoms with Crippen LogP contribution in [0.3, 0.4) is 0 Å². The Morgan fingerprint density at radius 3 is 3.00 bits per heavy atom. The second kappa shape index (κ2) is 5.12. The molecule has 0 fully saturated rings. The maximum Gasteiger partial charge on any atom is 0.274 e. The van der Waals surface area contributed by atoms with Crippen molar-refractivity contribution in [3.05, 3.63) is 22.1 Å². The number of aromatic nitrogens is 1. The van der Waals surface area contributed by atoms with Gasteiger partial charge in [0.2, 0.25) is 0 Å². The molecule has 1 aliphatic carbocycles. The summed E-state index contributed by atoms with van der Waals surface area (Å²) in [5.41, 5.74) is 0. The summed E-state index contributed by atoms with van der Waals surface area (Å²) in [6.45, 7) is 3.07. The maximum absolute atomic E-state index is 5.68. The van der Waals surface area contributed by atoms with E-state index in [0.29, 0.717) is 5.92 Å². The van der Waals surface area contributed by atoms with Crippen molar-refractivity contribution in [3.63, 3.8) is 0 Å². The fourth-order valence-electron chi connectivity index (χ4n) is 1.72. The number of halogens is 1. The molecule has 2 atom stereocenters. The van der Waals surface area contributed by atoms with Gasteiger partial charge in [-0.1, -0.05) is 30.4 Å². The monoisotopic (exact) mass is 287 g/mol. The lowest BCUT2D eigenvalue weighted by Gasteiger charge is -2.24. The van der Waals surface area contributed by atoms with Crippen molar-refractivity contribution >= 4 is 27.3 Å². The van der Waals surface area contributed by atoms with Gasteiger partial charge in [0, 0.05) is 5.38 Å². The van der Waals surface area contributed by atoms with Gasteiger partial charge in [0.1, 0.15) is 4.60 Å². The number of nitrogens with zero attached hydrogens (tertiary/aromatic N) is 1. The van der Waals surface area contributed by atoms with Gasteiger partial charge in [-0.15, -0.1) is 0 Å². The van der Waals surface area contributed by atoms with Gasteiger partial charge in [-0.05, 0) is 40.6 Å². The molecule has 4 heteroatoms. The van der Waals surface area contributed by atoms with Crippen LogP contribution in [0.15, 0.2) is 22.1 Å². The summed E-state index contributed by atoms with van der Waals surface area (Å²) in [6, 6.07) is 0. The van der Waals surface area contributed by atoms with E-state index >= 15 is 0 Å². The molecule has 0 aliphatic heterocycles. The van der Waals surface area contributed by atoms with Crippen LogP contribution in [-0.2, 0) is 0 Å². The SMILES string of the molecule is CC1CC=CCC1COc1nc(Br)cs1. The molecule has 0 saturated carbocycles. The molecule has 1 aromatic rings. The van der Waals surface area contributed by atoms with Gasteiger partial charge in [0.25, 0.3) is 5.19 Å². The summed E-state index contributed by atoms with van der Waals surface area (Å²) in [5, 5.41) is 2.71. The Hall–Kier alpha value is -0.350. The van der Waals surface area contributed by atoms with E-state index in [1.165, 1.54) is 6.42 Å². The van der Waals surface area contributed by atoms with Crippen molar-refractivity contribution in [2.75, 3.05) is 6.61 Å². The smallest absolute Gasteiger partial charge is 0.274 e. The van der Waals surface area contributed by atoms with Crippen molar-refractivity contribution in [3.8, 4) is 5.19 Å². The van der Waals surface area contributed by atoms with Crippen molar-refractivity contribution < 1.29 is 4.74 Å². The standard InChI is InChI=1S/C11H14BrNOS/c1-8-4-2-3-5-9(8)6-14-11-13-10(12)7-15-11/h2-3,7-9H,4-6H2,1H3. The van der Waals surface area contributed by atoms with Crippen LogP contribution in [0, 0.1) is 11.8 Å². The third-order valence-corrected chi connectivity index (χ3v) is 4.26. The van der Waals surface area contributed by atoms with Gasteiger partial charge in [-0.25, -0.2) is 0 Å². The largest absolute Gasteiger partial charge is 0.470 e. The Kier molecular flexibility index (Phi) is 3.81. The Morgan fingerprint density at radius 1 is 1.53 bits per heavy atom. The minimum atomic E-state index is 0.637. The lowest BCUT2D eigenvalue weighted by atomic mass is 9.85. The molecule has 2 rings (SSSR count). The highest BCUT2D eigenvalue weighted by molar-refractivity contribution is 9.10. The number of hydrogen-bond donors (Lipinski definition) is 0. The van der Waals surface area contributed by atoms with Crippen LogP contribution < -0.4 is 4.74 Å². The minimum Gasteiger partial charge on any atom is -0.470 e. The van der Waals surface area contributed by atoms with E-state index in [0.717, 1.165) is 28.7 Å². The van der Waals surface area contributed by atoms with E-state index in [-0.39, 0.29) is 0 Å². The molecule has 0 amide bonds. The molecule has 1 aromatic heterocycles. The van der Waals surface area contributed by atoms with Gasteiger partial charge >= 0.3 is 0 Å². The van der Waals surface area contributed by atoms with Gasteiger partial charge in [0.05, 0.1) is 6.61 Å². The van der Waals surface area contributed by atoms with Crippen molar-refractivity contribution in [1.82, 2.24) is 4.98 Å². The topological polar surface area (TPSA) is 22.1 Å². The van der Waals surface area contributed by atoms with E-state index in [1.807, 2.05) is 5.38 Å². The van der Waals surface area contributed by atoms with E-state index in [9.17, 15) is 0 Å². The molecule has 1 heterocycles. The summed E-state index contributed by atoms with van der Waals surface area (Å²) in [7, 11) is 0. The molecule has 0 saturated heterocycles. The molecule has 82 valence electrons. The average Bonchev–Trinajstić information content (AvgIpc) is 2.63. The van der Waals surface area contributed by atoms with E-state index in [2.05, 4.69) is 40.0 Å². The van der Waals surface area contributed by atoms with E-state index in [1.54, 1.807) is 11.3 Å². The molecular formula is C11H14BrNOS. The third-order valence-electron chi connectivity index (χ3n) is 2.79. The summed E-state index contributed by atoms with van der Waals surface area (Å²) in [4.78, 5) is 4.22. The molecule has 15 heavy (non-hydrogen) atoms. The summed E-state index contributed by atoms with van der Waals surface area (Å²) in [5.74, 6) is 1.36. The van der Waals surface area contributed by atoms with Crippen LogP contribution in [0.1, 0.15) is 19.8 Å². The lowest BCUT2D eigenvalue weighted by molar-refractivity contribution is 0.197.